The van der Waals surface area contributed by atoms with Crippen LogP contribution in [0.1, 0.15) is 29.3 Å². The van der Waals surface area contributed by atoms with E-state index in [1.54, 1.807) is 34.4 Å². The number of fused-ring (bicyclic) bond motifs is 2. The molecule has 1 atom stereocenters. The third-order valence-electron chi connectivity index (χ3n) is 4.45. The number of nitrogens with one attached hydrogen (secondary N) is 1. The van der Waals surface area contributed by atoms with Crippen molar-refractivity contribution in [3.63, 3.8) is 0 Å². The lowest BCUT2D eigenvalue weighted by Gasteiger charge is -2.17. The van der Waals surface area contributed by atoms with E-state index in [-0.39, 0.29) is 0 Å². The van der Waals surface area contributed by atoms with Crippen LogP contribution in [0.15, 0.2) is 23.1 Å². The van der Waals surface area contributed by atoms with Gasteiger partial charge in [0.1, 0.15) is 11.1 Å². The maximum Gasteiger partial charge on any atom is 0.188 e. The minimum atomic E-state index is 0.710. The molecule has 1 aliphatic rings. The van der Waals surface area contributed by atoms with Gasteiger partial charge in [0.25, 0.3) is 0 Å². The van der Waals surface area contributed by atoms with Crippen molar-refractivity contribution in [3.05, 3.63) is 34.2 Å². The van der Waals surface area contributed by atoms with Crippen molar-refractivity contribution >= 4 is 54.8 Å². The van der Waals surface area contributed by atoms with Gasteiger partial charge < -0.3 is 5.32 Å². The second-order valence-corrected chi connectivity index (χ2v) is 9.10. The fourth-order valence-electron chi connectivity index (χ4n) is 3.20. The third-order valence-corrected chi connectivity index (χ3v) is 7.32. The molecular weight excluding hydrogens is 354 g/mol. The summed E-state index contributed by atoms with van der Waals surface area (Å²) >= 11 is 5.10. The topological polar surface area (TPSA) is 48.7 Å². The summed E-state index contributed by atoms with van der Waals surface area (Å²) in [6.45, 7) is 2.29. The van der Waals surface area contributed by atoms with Crippen LogP contribution in [0.5, 0.6) is 0 Å². The molecule has 0 aliphatic heterocycles. The number of aromatic nitrogens is 1. The first-order valence-corrected chi connectivity index (χ1v) is 10.8. The highest BCUT2D eigenvalue weighted by molar-refractivity contribution is 7.98. The van der Waals surface area contributed by atoms with Crippen molar-refractivity contribution < 1.29 is 0 Å². The first-order valence-electron chi connectivity index (χ1n) is 7.94. The highest BCUT2D eigenvalue weighted by Crippen LogP contribution is 2.41. The fourth-order valence-corrected chi connectivity index (χ4v) is 6.15. The van der Waals surface area contributed by atoms with Crippen LogP contribution in [0, 0.1) is 17.2 Å². The summed E-state index contributed by atoms with van der Waals surface area (Å²) in [5.41, 5.74) is 3.13. The Hall–Kier alpha value is -1.55. The second kappa shape index (κ2) is 6.40. The van der Waals surface area contributed by atoms with Crippen LogP contribution >= 0.6 is 34.4 Å². The van der Waals surface area contributed by atoms with Crippen LogP contribution in [0.2, 0.25) is 0 Å². The molecule has 0 amide bonds. The Morgan fingerprint density at radius 2 is 2.25 bits per heavy atom. The lowest BCUT2D eigenvalue weighted by Crippen LogP contribution is -2.09. The van der Waals surface area contributed by atoms with Crippen molar-refractivity contribution in [1.82, 2.24) is 4.98 Å². The van der Waals surface area contributed by atoms with Crippen molar-refractivity contribution in [1.29, 1.82) is 5.26 Å². The van der Waals surface area contributed by atoms with Crippen molar-refractivity contribution in [2.75, 3.05) is 11.6 Å². The average molecular weight is 372 g/mol. The summed E-state index contributed by atoms with van der Waals surface area (Å²) in [5, 5.41) is 14.9. The van der Waals surface area contributed by atoms with E-state index in [9.17, 15) is 5.26 Å². The average Bonchev–Trinajstić information content (AvgIpc) is 3.14. The number of thiophene rings is 1. The molecule has 122 valence electrons. The van der Waals surface area contributed by atoms with Crippen molar-refractivity contribution in [3.8, 4) is 6.07 Å². The normalized spacial score (nSPS) is 16.8. The predicted octanol–water partition coefficient (Wildman–Crippen LogP) is 5.82. The maximum atomic E-state index is 9.63. The predicted molar refractivity (Wildman–Crippen MR) is 105 cm³/mol. The zero-order valence-electron chi connectivity index (χ0n) is 13.5. The smallest absolute Gasteiger partial charge is 0.188 e. The number of para-hydroxylation sites is 1. The van der Waals surface area contributed by atoms with Gasteiger partial charge in [-0.25, -0.2) is 4.98 Å². The van der Waals surface area contributed by atoms with Gasteiger partial charge in [-0.2, -0.15) is 5.26 Å². The third kappa shape index (κ3) is 2.71. The SMILES string of the molecule is CSc1cccc2sc(Nc3sc4c(c3C#N)CC[C@@H](C)C4)nc12. The lowest BCUT2D eigenvalue weighted by atomic mass is 9.89. The molecule has 1 aliphatic carbocycles. The quantitative estimate of drug-likeness (QED) is 0.589. The molecule has 0 saturated heterocycles. The molecule has 24 heavy (non-hydrogen) atoms. The van der Waals surface area contributed by atoms with Crippen LogP contribution < -0.4 is 5.32 Å². The number of hydrogen-bond donors (Lipinski definition) is 1. The molecule has 0 saturated carbocycles. The van der Waals surface area contributed by atoms with Crippen LogP contribution in [0.4, 0.5) is 10.1 Å². The summed E-state index contributed by atoms with van der Waals surface area (Å²) in [5.74, 6) is 0.710. The number of nitriles is 1. The van der Waals surface area contributed by atoms with Crippen molar-refractivity contribution in [2.45, 2.75) is 31.1 Å². The molecule has 6 heteroatoms. The van der Waals surface area contributed by atoms with Gasteiger partial charge in [0.15, 0.2) is 5.13 Å². The number of thiazole rings is 1. The number of benzene rings is 1. The van der Waals surface area contributed by atoms with Gasteiger partial charge in [-0.1, -0.05) is 24.3 Å². The van der Waals surface area contributed by atoms with Gasteiger partial charge in [-0.3, -0.25) is 0 Å². The maximum absolute atomic E-state index is 9.63. The van der Waals surface area contributed by atoms with Crippen LogP contribution in [0.25, 0.3) is 10.2 Å². The summed E-state index contributed by atoms with van der Waals surface area (Å²) in [7, 11) is 0. The molecule has 0 bridgehead atoms. The molecule has 0 spiro atoms. The fraction of sp³-hybridized carbons (Fsp3) is 0.333. The standard InChI is InChI=1S/C18H17N3S3/c1-10-6-7-11-12(9-19)17(23-15(11)8-10)21-18-20-16-13(22-2)4-3-5-14(16)24-18/h3-5,10H,6-8H2,1-2H3,(H,20,21)/t10-/m1/s1. The number of rotatable bonds is 3. The molecule has 3 aromatic rings. The van der Waals surface area contributed by atoms with E-state index < -0.39 is 0 Å². The van der Waals surface area contributed by atoms with Gasteiger partial charge in [-0.15, -0.1) is 23.1 Å². The van der Waals surface area contributed by atoms with E-state index >= 15 is 0 Å². The highest BCUT2D eigenvalue weighted by atomic mass is 32.2. The molecule has 4 rings (SSSR count). The van der Waals surface area contributed by atoms with Crippen LogP contribution in [0.3, 0.4) is 0 Å². The van der Waals surface area contributed by atoms with Gasteiger partial charge in [0.05, 0.1) is 15.8 Å². The molecule has 1 N–H and O–H groups in total. The molecule has 2 heterocycles. The molecular formula is C18H17N3S3. The zero-order valence-corrected chi connectivity index (χ0v) is 16.0. The largest absolute Gasteiger partial charge is 0.322 e. The zero-order chi connectivity index (χ0) is 16.7. The van der Waals surface area contributed by atoms with E-state index in [0.29, 0.717) is 5.92 Å². The Balaban J connectivity index is 1.72. The summed E-state index contributed by atoms with van der Waals surface area (Å²) in [4.78, 5) is 7.32. The molecule has 1 aromatic carbocycles. The second-order valence-electron chi connectivity index (χ2n) is 6.12. The minimum absolute atomic E-state index is 0.710. The van der Waals surface area contributed by atoms with Gasteiger partial charge in [0.2, 0.25) is 0 Å². The Kier molecular flexibility index (Phi) is 4.25. The monoisotopic (exact) mass is 371 g/mol. The summed E-state index contributed by atoms with van der Waals surface area (Å²) in [6, 6.07) is 8.69. The Morgan fingerprint density at radius 3 is 3.04 bits per heavy atom. The van der Waals surface area contributed by atoms with E-state index in [4.69, 9.17) is 4.98 Å². The number of hydrogen-bond acceptors (Lipinski definition) is 6. The Bertz CT molecular complexity index is 948. The minimum Gasteiger partial charge on any atom is -0.322 e. The van der Waals surface area contributed by atoms with E-state index in [2.05, 4.69) is 42.8 Å². The number of thioether (sulfide) groups is 1. The Labute approximate surface area is 153 Å². The molecule has 2 aromatic heterocycles. The van der Waals surface area contributed by atoms with Gasteiger partial charge in [-0.05, 0) is 49.1 Å². The van der Waals surface area contributed by atoms with Crippen LogP contribution in [-0.4, -0.2) is 11.2 Å². The number of nitrogens with zero attached hydrogens (tertiary/aromatic N) is 2. The number of anilines is 2. The molecule has 3 nitrogen and oxygen atoms in total. The Morgan fingerprint density at radius 1 is 1.38 bits per heavy atom. The summed E-state index contributed by atoms with van der Waals surface area (Å²) < 4.78 is 1.18. The van der Waals surface area contributed by atoms with Crippen molar-refractivity contribution in [2.24, 2.45) is 5.92 Å². The van der Waals surface area contributed by atoms with E-state index in [1.807, 2.05) is 0 Å². The van der Waals surface area contributed by atoms with Crippen LogP contribution in [-0.2, 0) is 12.8 Å². The highest BCUT2D eigenvalue weighted by Gasteiger charge is 2.24. The van der Waals surface area contributed by atoms with Gasteiger partial charge >= 0.3 is 0 Å². The lowest BCUT2D eigenvalue weighted by molar-refractivity contribution is 0.507. The first-order chi connectivity index (χ1) is 11.7. The van der Waals surface area contributed by atoms with Gasteiger partial charge in [0, 0.05) is 9.77 Å². The van der Waals surface area contributed by atoms with E-state index in [0.717, 1.165) is 34.1 Å². The van der Waals surface area contributed by atoms with E-state index in [1.165, 1.54) is 26.5 Å². The molecule has 0 unspecified atom stereocenters. The molecule has 0 radical (unpaired) electrons. The first kappa shape index (κ1) is 15.9. The molecule has 0 fully saturated rings. The summed E-state index contributed by atoms with van der Waals surface area (Å²) in [6.07, 6.45) is 5.36.